The Morgan fingerprint density at radius 1 is 0.365 bits per heavy atom. The van der Waals surface area contributed by atoms with E-state index >= 15 is 0 Å². The number of fused-ring (bicyclic) bond motifs is 6. The Labute approximate surface area is 304 Å². The average molecular weight is 660 g/mol. The van der Waals surface area contributed by atoms with Gasteiger partial charge in [0, 0.05) is 16.5 Å². The van der Waals surface area contributed by atoms with Gasteiger partial charge in [-0.1, -0.05) is 186 Å². The lowest BCUT2D eigenvalue weighted by Crippen LogP contribution is -2.48. The Balaban J connectivity index is 0.957. The molecule has 8 aromatic carbocycles. The summed E-state index contributed by atoms with van der Waals surface area (Å²) in [7, 11) is 0. The van der Waals surface area contributed by atoms with Crippen LogP contribution in [0.2, 0.25) is 0 Å². The third-order valence-electron chi connectivity index (χ3n) is 10.7. The smallest absolute Gasteiger partial charge is 0.242 e. The molecule has 0 fully saturated rings. The summed E-state index contributed by atoms with van der Waals surface area (Å²) in [5.41, 5.74) is 17.7. The minimum absolute atomic E-state index is 0.186. The van der Waals surface area contributed by atoms with Gasteiger partial charge in [0.15, 0.2) is 0 Å². The van der Waals surface area contributed by atoms with Gasteiger partial charge in [0.1, 0.15) is 0 Å². The molecule has 2 heteroatoms. The van der Waals surface area contributed by atoms with E-state index in [2.05, 4.69) is 211 Å². The fourth-order valence-electron chi connectivity index (χ4n) is 8.16. The van der Waals surface area contributed by atoms with Crippen molar-refractivity contribution in [3.05, 3.63) is 205 Å². The van der Waals surface area contributed by atoms with Crippen LogP contribution in [-0.4, -0.2) is 11.3 Å². The summed E-state index contributed by atoms with van der Waals surface area (Å²) in [6.07, 6.45) is 4.43. The van der Waals surface area contributed by atoms with Gasteiger partial charge in [-0.05, 0) is 80.9 Å². The molecule has 1 nitrogen and oxygen atoms in total. The first-order valence-electron chi connectivity index (χ1n) is 18.0. The van der Waals surface area contributed by atoms with Crippen molar-refractivity contribution in [2.75, 3.05) is 0 Å². The Kier molecular flexibility index (Phi) is 7.32. The van der Waals surface area contributed by atoms with Gasteiger partial charge in [0.25, 0.3) is 0 Å². The molecule has 0 radical (unpaired) electrons. The molecule has 52 heavy (non-hydrogen) atoms. The molecular weight excluding hydrogens is 625 g/mol. The summed E-state index contributed by atoms with van der Waals surface area (Å²) < 4.78 is 2.36. The Hall–Kier alpha value is -6.64. The number of aromatic nitrogens is 1. The van der Waals surface area contributed by atoms with Gasteiger partial charge in [-0.25, -0.2) is 0 Å². The number of hydrogen-bond acceptors (Lipinski definition) is 0. The first kappa shape index (κ1) is 30.2. The van der Waals surface area contributed by atoms with Crippen molar-refractivity contribution in [3.8, 4) is 39.1 Å². The average Bonchev–Trinajstić information content (AvgIpc) is 3.73. The molecule has 1 aromatic heterocycles. The van der Waals surface area contributed by atoms with Crippen molar-refractivity contribution in [1.82, 2.24) is 4.57 Å². The molecule has 0 bridgehead atoms. The Bertz CT molecular complexity index is 2610. The molecule has 0 N–H and O–H groups in total. The van der Waals surface area contributed by atoms with E-state index in [0.29, 0.717) is 0 Å². The van der Waals surface area contributed by atoms with E-state index in [1.165, 1.54) is 88.4 Å². The van der Waals surface area contributed by atoms with Crippen molar-refractivity contribution in [1.29, 1.82) is 0 Å². The Morgan fingerprint density at radius 2 is 0.808 bits per heavy atom. The number of para-hydroxylation sites is 2. The monoisotopic (exact) mass is 659 g/mol. The predicted molar refractivity (Wildman–Crippen MR) is 224 cm³/mol. The van der Waals surface area contributed by atoms with Gasteiger partial charge >= 0.3 is 0 Å². The second-order valence-corrected chi connectivity index (χ2v) is 13.7. The van der Waals surface area contributed by atoms with Gasteiger partial charge < -0.3 is 4.57 Å². The zero-order chi connectivity index (χ0) is 34.4. The molecular formula is C50H34BN. The van der Waals surface area contributed by atoms with Crippen molar-refractivity contribution in [2.45, 2.75) is 0 Å². The molecule has 2 heterocycles. The topological polar surface area (TPSA) is 4.93 Å². The summed E-state index contributed by atoms with van der Waals surface area (Å²) in [6, 6.07) is 70.8. The van der Waals surface area contributed by atoms with E-state index in [0.717, 1.165) is 0 Å². The summed E-state index contributed by atoms with van der Waals surface area (Å²) >= 11 is 0. The van der Waals surface area contributed by atoms with Crippen LogP contribution in [0.25, 0.3) is 73.0 Å². The second-order valence-electron chi connectivity index (χ2n) is 13.7. The quantitative estimate of drug-likeness (QED) is 0.124. The van der Waals surface area contributed by atoms with Gasteiger partial charge in [0.2, 0.25) is 6.71 Å². The molecule has 0 unspecified atom stereocenters. The zero-order valence-electron chi connectivity index (χ0n) is 28.7. The summed E-state index contributed by atoms with van der Waals surface area (Å²) in [6.45, 7) is 0.186. The molecule has 0 spiro atoms. The molecule has 10 rings (SSSR count). The molecule has 1 aliphatic heterocycles. The molecule has 0 saturated carbocycles. The Morgan fingerprint density at radius 3 is 1.31 bits per heavy atom. The fraction of sp³-hybridized carbons (Fsp3) is 0. The van der Waals surface area contributed by atoms with E-state index in [-0.39, 0.29) is 6.71 Å². The SMILES string of the molecule is C(=C\c1ccc(-n2c3ccccc3c3ccccc32)cc1)/c1ccc(B2c3ccc(-c4ccccc4)cc3-c3cc(-c4ccccc4)ccc32)cc1. The van der Waals surface area contributed by atoms with Crippen LogP contribution in [0.1, 0.15) is 11.1 Å². The predicted octanol–water partition coefficient (Wildman–Crippen LogP) is 10.8. The van der Waals surface area contributed by atoms with E-state index in [9.17, 15) is 0 Å². The van der Waals surface area contributed by atoms with E-state index in [1.54, 1.807) is 0 Å². The summed E-state index contributed by atoms with van der Waals surface area (Å²) in [4.78, 5) is 0. The van der Waals surface area contributed by atoms with Crippen LogP contribution in [0, 0.1) is 0 Å². The maximum absolute atomic E-state index is 2.39. The van der Waals surface area contributed by atoms with Gasteiger partial charge in [-0.2, -0.15) is 0 Å². The highest BCUT2D eigenvalue weighted by Crippen LogP contribution is 2.33. The maximum atomic E-state index is 2.39. The van der Waals surface area contributed by atoms with Gasteiger partial charge in [-0.3, -0.25) is 0 Å². The van der Waals surface area contributed by atoms with Crippen LogP contribution in [0.5, 0.6) is 0 Å². The molecule has 1 aliphatic rings. The lowest BCUT2D eigenvalue weighted by Gasteiger charge is -2.12. The van der Waals surface area contributed by atoms with E-state index in [4.69, 9.17) is 0 Å². The van der Waals surface area contributed by atoms with Crippen LogP contribution in [-0.2, 0) is 0 Å². The maximum Gasteiger partial charge on any atom is 0.242 e. The third-order valence-corrected chi connectivity index (χ3v) is 10.7. The molecule has 0 amide bonds. The van der Waals surface area contributed by atoms with Crippen molar-refractivity contribution in [3.63, 3.8) is 0 Å². The van der Waals surface area contributed by atoms with Gasteiger partial charge in [0.05, 0.1) is 11.0 Å². The first-order chi connectivity index (χ1) is 25.8. The van der Waals surface area contributed by atoms with Crippen LogP contribution < -0.4 is 16.4 Å². The molecule has 0 saturated heterocycles. The number of benzene rings is 8. The third kappa shape index (κ3) is 5.20. The van der Waals surface area contributed by atoms with Crippen LogP contribution >= 0.6 is 0 Å². The summed E-state index contributed by atoms with van der Waals surface area (Å²) in [5, 5.41) is 2.56. The van der Waals surface area contributed by atoms with Crippen molar-refractivity contribution in [2.24, 2.45) is 0 Å². The lowest BCUT2D eigenvalue weighted by molar-refractivity contribution is 1.18. The van der Waals surface area contributed by atoms with Crippen LogP contribution in [0.15, 0.2) is 194 Å². The van der Waals surface area contributed by atoms with Gasteiger partial charge in [-0.15, -0.1) is 0 Å². The largest absolute Gasteiger partial charge is 0.309 e. The van der Waals surface area contributed by atoms with E-state index in [1.807, 2.05) is 0 Å². The number of rotatable bonds is 6. The van der Waals surface area contributed by atoms with Crippen LogP contribution in [0.4, 0.5) is 0 Å². The molecule has 0 aliphatic carbocycles. The second kappa shape index (κ2) is 12.6. The highest BCUT2D eigenvalue weighted by atomic mass is 15.0. The standard InChI is InChI=1S/C50H34BN/c1-3-11-37(12-4-1)39-25-31-47-45(33-39)46-34-40(38-13-5-2-6-14-38)26-32-48(46)51(47)41-27-21-35(22-28-41)19-20-36-23-29-42(30-24-36)52-49-17-9-7-15-43(49)44-16-8-10-18-50(44)52/h1-34H/b20-19+. The number of nitrogens with zero attached hydrogens (tertiary/aromatic N) is 1. The summed E-state index contributed by atoms with van der Waals surface area (Å²) in [5.74, 6) is 0. The molecule has 9 aromatic rings. The highest BCUT2D eigenvalue weighted by Gasteiger charge is 2.33. The van der Waals surface area contributed by atoms with E-state index < -0.39 is 0 Å². The first-order valence-corrected chi connectivity index (χ1v) is 18.0. The fourth-order valence-corrected chi connectivity index (χ4v) is 8.16. The minimum atomic E-state index is 0.186. The van der Waals surface area contributed by atoms with Crippen LogP contribution in [0.3, 0.4) is 0 Å². The van der Waals surface area contributed by atoms with Crippen molar-refractivity contribution < 1.29 is 0 Å². The van der Waals surface area contributed by atoms with Crippen molar-refractivity contribution >= 4 is 57.1 Å². The normalized spacial score (nSPS) is 12.1. The minimum Gasteiger partial charge on any atom is -0.309 e. The number of hydrogen-bond donors (Lipinski definition) is 0. The lowest BCUT2D eigenvalue weighted by atomic mass is 9.39. The zero-order valence-corrected chi connectivity index (χ0v) is 28.7. The molecule has 242 valence electrons. The molecule has 0 atom stereocenters. The highest BCUT2D eigenvalue weighted by molar-refractivity contribution is 6.99.